The highest BCUT2D eigenvalue weighted by molar-refractivity contribution is 6.32. The first-order chi connectivity index (χ1) is 9.53. The molecule has 0 bridgehead atoms. The lowest BCUT2D eigenvalue weighted by molar-refractivity contribution is 0.138. The van der Waals surface area contributed by atoms with Gasteiger partial charge in [-0.3, -0.25) is 0 Å². The van der Waals surface area contributed by atoms with Crippen LogP contribution in [0.1, 0.15) is 25.0 Å². The summed E-state index contributed by atoms with van der Waals surface area (Å²) in [5.41, 5.74) is 2.47. The molecule has 2 aliphatic rings. The number of benzene rings is 1. The van der Waals surface area contributed by atoms with Crippen LogP contribution in [0, 0.1) is 0 Å². The van der Waals surface area contributed by atoms with Gasteiger partial charge in [0.1, 0.15) is 11.4 Å². The van der Waals surface area contributed by atoms with E-state index in [1.54, 1.807) is 0 Å². The Balaban J connectivity index is 1.68. The van der Waals surface area contributed by atoms with Crippen molar-refractivity contribution in [1.82, 2.24) is 10.2 Å². The van der Waals surface area contributed by atoms with Crippen LogP contribution in [0.25, 0.3) is 0 Å². The van der Waals surface area contributed by atoms with Crippen LogP contribution in [0.4, 0.5) is 0 Å². The third kappa shape index (κ3) is 3.11. The topological polar surface area (TPSA) is 24.5 Å². The number of hydrogen-bond acceptors (Lipinski definition) is 3. The van der Waals surface area contributed by atoms with Gasteiger partial charge in [-0.05, 0) is 37.5 Å². The summed E-state index contributed by atoms with van der Waals surface area (Å²) in [4.78, 5) is 2.51. The van der Waals surface area contributed by atoms with Crippen molar-refractivity contribution in [3.05, 3.63) is 28.3 Å². The summed E-state index contributed by atoms with van der Waals surface area (Å²) in [5, 5.41) is 4.15. The predicted octanol–water partition coefficient (Wildman–Crippen LogP) is 2.50. The van der Waals surface area contributed by atoms with E-state index in [4.69, 9.17) is 16.3 Å². The number of nitrogens with zero attached hydrogens (tertiary/aromatic N) is 1. The lowest BCUT2D eigenvalue weighted by Gasteiger charge is -2.27. The van der Waals surface area contributed by atoms with Crippen LogP contribution in [-0.2, 0) is 12.8 Å². The Bertz CT molecular complexity index is 495. The molecule has 1 saturated heterocycles. The Morgan fingerprint density at radius 1 is 1.30 bits per heavy atom. The molecule has 3 rings (SSSR count). The molecule has 0 atom stereocenters. The van der Waals surface area contributed by atoms with Crippen LogP contribution in [0.5, 0.6) is 5.75 Å². The molecule has 1 aromatic rings. The molecule has 1 N–H and O–H groups in total. The largest absolute Gasteiger partial charge is 0.486 e. The summed E-state index contributed by atoms with van der Waals surface area (Å²) in [6.45, 7) is 9.85. The Kier molecular flexibility index (Phi) is 3.93. The maximum absolute atomic E-state index is 6.38. The Labute approximate surface area is 126 Å². The molecule has 1 aromatic carbocycles. The van der Waals surface area contributed by atoms with E-state index in [-0.39, 0.29) is 5.60 Å². The van der Waals surface area contributed by atoms with Crippen molar-refractivity contribution in [2.75, 3.05) is 32.7 Å². The second-order valence-corrected chi connectivity index (χ2v) is 6.85. The molecule has 2 heterocycles. The highest BCUT2D eigenvalue weighted by Crippen LogP contribution is 2.41. The number of rotatable bonds is 3. The van der Waals surface area contributed by atoms with Gasteiger partial charge in [0.15, 0.2) is 0 Å². The van der Waals surface area contributed by atoms with Crippen molar-refractivity contribution in [2.45, 2.75) is 32.3 Å². The second kappa shape index (κ2) is 5.55. The van der Waals surface area contributed by atoms with Gasteiger partial charge in [-0.2, -0.15) is 0 Å². The van der Waals surface area contributed by atoms with E-state index in [0.29, 0.717) is 0 Å². The predicted molar refractivity (Wildman–Crippen MR) is 82.9 cm³/mol. The molecule has 0 aromatic heterocycles. The summed E-state index contributed by atoms with van der Waals surface area (Å²) in [5.74, 6) is 0.891. The minimum Gasteiger partial charge on any atom is -0.486 e. The minimum atomic E-state index is -0.122. The van der Waals surface area contributed by atoms with E-state index >= 15 is 0 Å². The number of ether oxygens (including phenoxy) is 1. The van der Waals surface area contributed by atoms with E-state index in [1.165, 1.54) is 11.1 Å². The Morgan fingerprint density at radius 2 is 2.05 bits per heavy atom. The van der Waals surface area contributed by atoms with E-state index in [0.717, 1.165) is 56.3 Å². The smallest absolute Gasteiger partial charge is 0.142 e. The first kappa shape index (κ1) is 14.2. The summed E-state index contributed by atoms with van der Waals surface area (Å²) >= 11 is 6.38. The molecule has 0 amide bonds. The van der Waals surface area contributed by atoms with E-state index < -0.39 is 0 Å². The third-order valence-corrected chi connectivity index (χ3v) is 4.38. The number of halogens is 1. The first-order valence-electron chi connectivity index (χ1n) is 7.47. The summed E-state index contributed by atoms with van der Waals surface area (Å²) < 4.78 is 5.92. The average molecular weight is 295 g/mol. The summed E-state index contributed by atoms with van der Waals surface area (Å²) in [6.07, 6.45) is 2.01. The molecule has 0 spiro atoms. The number of fused-ring (bicyclic) bond motifs is 1. The standard InChI is InChI=1S/C16H23ClN2O/c1-16(2)11-13-9-12(10-14(17)15(13)20-16)3-6-19-7-4-18-5-8-19/h9-10,18H,3-8,11H2,1-2H3. The summed E-state index contributed by atoms with van der Waals surface area (Å²) in [7, 11) is 0. The zero-order valence-corrected chi connectivity index (χ0v) is 13.1. The zero-order chi connectivity index (χ0) is 14.2. The van der Waals surface area contributed by atoms with Gasteiger partial charge in [0.05, 0.1) is 5.02 Å². The molecule has 1 fully saturated rings. The molecule has 2 aliphatic heterocycles. The van der Waals surface area contributed by atoms with Gasteiger partial charge in [-0.15, -0.1) is 0 Å². The molecule has 0 aliphatic carbocycles. The molecule has 0 saturated carbocycles. The van der Waals surface area contributed by atoms with Crippen molar-refractivity contribution in [3.63, 3.8) is 0 Å². The minimum absolute atomic E-state index is 0.122. The van der Waals surface area contributed by atoms with Crippen LogP contribution >= 0.6 is 11.6 Å². The Morgan fingerprint density at radius 3 is 2.80 bits per heavy atom. The fourth-order valence-electron chi connectivity index (χ4n) is 3.10. The van der Waals surface area contributed by atoms with Crippen molar-refractivity contribution >= 4 is 11.6 Å². The number of nitrogens with one attached hydrogen (secondary N) is 1. The van der Waals surface area contributed by atoms with Gasteiger partial charge in [0.2, 0.25) is 0 Å². The van der Waals surface area contributed by atoms with E-state index in [9.17, 15) is 0 Å². The number of piperazine rings is 1. The fraction of sp³-hybridized carbons (Fsp3) is 0.625. The van der Waals surface area contributed by atoms with Crippen molar-refractivity contribution < 1.29 is 4.74 Å². The highest BCUT2D eigenvalue weighted by atomic mass is 35.5. The molecule has 3 nitrogen and oxygen atoms in total. The van der Waals surface area contributed by atoms with Gasteiger partial charge in [-0.25, -0.2) is 0 Å². The van der Waals surface area contributed by atoms with Crippen LogP contribution in [0.15, 0.2) is 12.1 Å². The normalized spacial score (nSPS) is 21.6. The van der Waals surface area contributed by atoms with Crippen molar-refractivity contribution in [2.24, 2.45) is 0 Å². The lowest BCUT2D eigenvalue weighted by Crippen LogP contribution is -2.44. The van der Waals surface area contributed by atoms with Gasteiger partial charge in [-0.1, -0.05) is 17.7 Å². The van der Waals surface area contributed by atoms with Gasteiger partial charge < -0.3 is 15.0 Å². The van der Waals surface area contributed by atoms with Crippen LogP contribution < -0.4 is 10.1 Å². The van der Waals surface area contributed by atoms with Gasteiger partial charge in [0, 0.05) is 39.1 Å². The third-order valence-electron chi connectivity index (χ3n) is 4.10. The molecule has 4 heteroatoms. The summed E-state index contributed by atoms with van der Waals surface area (Å²) in [6, 6.07) is 4.35. The Hall–Kier alpha value is -0.770. The van der Waals surface area contributed by atoms with Crippen molar-refractivity contribution in [3.8, 4) is 5.75 Å². The lowest BCUT2D eigenvalue weighted by atomic mass is 9.99. The van der Waals surface area contributed by atoms with E-state index in [2.05, 4.69) is 36.2 Å². The molecular formula is C16H23ClN2O. The van der Waals surface area contributed by atoms with Crippen molar-refractivity contribution in [1.29, 1.82) is 0 Å². The SMILES string of the molecule is CC1(C)Cc2cc(CCN3CCNCC3)cc(Cl)c2O1. The first-order valence-corrected chi connectivity index (χ1v) is 7.85. The zero-order valence-electron chi connectivity index (χ0n) is 12.3. The highest BCUT2D eigenvalue weighted by Gasteiger charge is 2.31. The van der Waals surface area contributed by atoms with Crippen LogP contribution in [0.3, 0.4) is 0 Å². The molecule has 20 heavy (non-hydrogen) atoms. The van der Waals surface area contributed by atoms with Gasteiger partial charge >= 0.3 is 0 Å². The van der Waals surface area contributed by atoms with Crippen LogP contribution in [-0.4, -0.2) is 43.2 Å². The molecule has 0 radical (unpaired) electrons. The maximum atomic E-state index is 6.38. The maximum Gasteiger partial charge on any atom is 0.142 e. The van der Waals surface area contributed by atoms with E-state index in [1.807, 2.05) is 0 Å². The number of hydrogen-bond donors (Lipinski definition) is 1. The average Bonchev–Trinajstić information content (AvgIpc) is 2.73. The van der Waals surface area contributed by atoms with Gasteiger partial charge in [0.25, 0.3) is 0 Å². The molecule has 110 valence electrons. The molecular weight excluding hydrogens is 272 g/mol. The fourth-order valence-corrected chi connectivity index (χ4v) is 3.40. The quantitative estimate of drug-likeness (QED) is 0.927. The molecule has 0 unspecified atom stereocenters. The second-order valence-electron chi connectivity index (χ2n) is 6.45. The van der Waals surface area contributed by atoms with Crippen LogP contribution in [0.2, 0.25) is 5.02 Å². The monoisotopic (exact) mass is 294 g/mol.